The number of benzene rings is 2. The maximum atomic E-state index is 12.7. The molecule has 0 saturated carbocycles. The van der Waals surface area contributed by atoms with E-state index in [-0.39, 0.29) is 10.8 Å². The fourth-order valence-electron chi connectivity index (χ4n) is 2.93. The molecule has 7 nitrogen and oxygen atoms in total. The molecule has 1 heterocycles. The second-order valence-electron chi connectivity index (χ2n) is 7.16. The third kappa shape index (κ3) is 4.12. The Labute approximate surface area is 181 Å². The molecular weight excluding hydrogens is 424 g/mol. The average molecular weight is 447 g/mol. The molecule has 1 aromatic heterocycles. The summed E-state index contributed by atoms with van der Waals surface area (Å²) in [5, 5.41) is 7.81. The standard InChI is InChI=1S/C21H23ClN4O3S/c1-13-6-11-18(30(28,29)25(4)5)12-19(13)23-21(27)16-7-9-17(10-8-16)26-15(3)20(22)14(2)24-26/h6-12H,1-5H3,(H,23,27). The van der Waals surface area contributed by atoms with E-state index in [9.17, 15) is 13.2 Å². The molecule has 0 spiro atoms. The van der Waals surface area contributed by atoms with Crippen molar-refractivity contribution in [2.45, 2.75) is 25.7 Å². The summed E-state index contributed by atoms with van der Waals surface area (Å²) in [7, 11) is -0.670. The van der Waals surface area contributed by atoms with Crippen molar-refractivity contribution in [2.75, 3.05) is 19.4 Å². The number of carbonyl (C=O) groups is 1. The van der Waals surface area contributed by atoms with Gasteiger partial charge in [0.25, 0.3) is 5.91 Å². The van der Waals surface area contributed by atoms with E-state index < -0.39 is 10.0 Å². The van der Waals surface area contributed by atoms with Crippen molar-refractivity contribution in [3.8, 4) is 5.69 Å². The molecule has 0 bridgehead atoms. The summed E-state index contributed by atoms with van der Waals surface area (Å²) in [6.07, 6.45) is 0. The van der Waals surface area contributed by atoms with Crippen LogP contribution in [0.2, 0.25) is 5.02 Å². The van der Waals surface area contributed by atoms with E-state index in [1.807, 2.05) is 13.8 Å². The van der Waals surface area contributed by atoms with E-state index in [0.717, 1.165) is 26.9 Å². The monoisotopic (exact) mass is 446 g/mol. The lowest BCUT2D eigenvalue weighted by Crippen LogP contribution is -2.22. The van der Waals surface area contributed by atoms with E-state index in [0.29, 0.717) is 16.3 Å². The van der Waals surface area contributed by atoms with Crippen molar-refractivity contribution in [1.82, 2.24) is 14.1 Å². The molecule has 0 aliphatic rings. The van der Waals surface area contributed by atoms with Crippen LogP contribution in [-0.4, -0.2) is 42.5 Å². The molecule has 158 valence electrons. The maximum absolute atomic E-state index is 12.7. The van der Waals surface area contributed by atoms with E-state index in [1.54, 1.807) is 41.9 Å². The smallest absolute Gasteiger partial charge is 0.255 e. The molecule has 0 fully saturated rings. The van der Waals surface area contributed by atoms with Crippen LogP contribution in [0, 0.1) is 20.8 Å². The number of halogens is 1. The van der Waals surface area contributed by atoms with E-state index >= 15 is 0 Å². The minimum Gasteiger partial charge on any atom is -0.322 e. The van der Waals surface area contributed by atoms with Gasteiger partial charge in [0.2, 0.25) is 10.0 Å². The average Bonchev–Trinajstić information content (AvgIpc) is 2.96. The first-order chi connectivity index (χ1) is 14.0. The Bertz CT molecular complexity index is 1220. The molecule has 0 aliphatic carbocycles. The number of hydrogen-bond acceptors (Lipinski definition) is 4. The van der Waals surface area contributed by atoms with Crippen LogP contribution in [0.4, 0.5) is 5.69 Å². The number of rotatable bonds is 5. The highest BCUT2D eigenvalue weighted by atomic mass is 35.5. The van der Waals surface area contributed by atoms with Crippen molar-refractivity contribution < 1.29 is 13.2 Å². The lowest BCUT2D eigenvalue weighted by Gasteiger charge is -2.14. The predicted molar refractivity (Wildman–Crippen MR) is 118 cm³/mol. The summed E-state index contributed by atoms with van der Waals surface area (Å²) in [4.78, 5) is 12.8. The topological polar surface area (TPSA) is 84.3 Å². The van der Waals surface area contributed by atoms with Crippen LogP contribution in [0.1, 0.15) is 27.3 Å². The largest absolute Gasteiger partial charge is 0.322 e. The number of nitrogens with zero attached hydrogens (tertiary/aromatic N) is 3. The Hall–Kier alpha value is -2.68. The van der Waals surface area contributed by atoms with Crippen LogP contribution in [0.25, 0.3) is 5.69 Å². The highest BCUT2D eigenvalue weighted by Gasteiger charge is 2.19. The van der Waals surface area contributed by atoms with Crippen LogP contribution in [0.5, 0.6) is 0 Å². The maximum Gasteiger partial charge on any atom is 0.255 e. The highest BCUT2D eigenvalue weighted by molar-refractivity contribution is 7.89. The Morgan fingerprint density at radius 3 is 2.23 bits per heavy atom. The van der Waals surface area contributed by atoms with Gasteiger partial charge >= 0.3 is 0 Å². The normalized spacial score (nSPS) is 11.7. The van der Waals surface area contributed by atoms with Gasteiger partial charge in [0.05, 0.1) is 27.0 Å². The Balaban J connectivity index is 1.85. The molecular formula is C21H23ClN4O3S. The summed E-state index contributed by atoms with van der Waals surface area (Å²) in [5.41, 5.74) is 3.98. The number of aryl methyl sites for hydroxylation is 2. The van der Waals surface area contributed by atoms with Gasteiger partial charge in [-0.15, -0.1) is 0 Å². The minimum atomic E-state index is -3.60. The Kier molecular flexibility index (Phi) is 6.03. The molecule has 1 N–H and O–H groups in total. The number of anilines is 1. The lowest BCUT2D eigenvalue weighted by molar-refractivity contribution is 0.102. The Morgan fingerprint density at radius 1 is 1.07 bits per heavy atom. The number of nitrogens with one attached hydrogen (secondary N) is 1. The van der Waals surface area contributed by atoms with E-state index in [2.05, 4.69) is 10.4 Å². The fourth-order valence-corrected chi connectivity index (χ4v) is 3.98. The van der Waals surface area contributed by atoms with Crippen molar-refractivity contribution in [2.24, 2.45) is 0 Å². The third-order valence-corrected chi connectivity index (χ3v) is 7.17. The van der Waals surface area contributed by atoms with Crippen LogP contribution in [0.3, 0.4) is 0 Å². The Morgan fingerprint density at radius 2 is 1.70 bits per heavy atom. The van der Waals surface area contributed by atoms with Crippen LogP contribution in [0.15, 0.2) is 47.4 Å². The lowest BCUT2D eigenvalue weighted by atomic mass is 10.1. The molecule has 0 saturated heterocycles. The number of hydrogen-bond donors (Lipinski definition) is 1. The van der Waals surface area contributed by atoms with Gasteiger partial charge in [0, 0.05) is 25.3 Å². The molecule has 1 amide bonds. The molecule has 0 atom stereocenters. The number of aromatic nitrogens is 2. The van der Waals surface area contributed by atoms with Gasteiger partial charge in [-0.05, 0) is 62.7 Å². The second kappa shape index (κ2) is 8.22. The molecule has 3 rings (SSSR count). The highest BCUT2D eigenvalue weighted by Crippen LogP contribution is 2.24. The van der Waals surface area contributed by atoms with Crippen LogP contribution in [-0.2, 0) is 10.0 Å². The van der Waals surface area contributed by atoms with Gasteiger partial charge in [-0.2, -0.15) is 5.10 Å². The van der Waals surface area contributed by atoms with Gasteiger partial charge in [0.15, 0.2) is 0 Å². The molecule has 3 aromatic rings. The first-order valence-electron chi connectivity index (χ1n) is 9.19. The fraction of sp³-hybridized carbons (Fsp3) is 0.238. The summed E-state index contributed by atoms with van der Waals surface area (Å²) >= 11 is 6.21. The summed E-state index contributed by atoms with van der Waals surface area (Å²) in [6, 6.07) is 11.6. The van der Waals surface area contributed by atoms with Gasteiger partial charge in [0.1, 0.15) is 0 Å². The van der Waals surface area contributed by atoms with Crippen molar-refractivity contribution in [3.05, 3.63) is 70.0 Å². The summed E-state index contributed by atoms with van der Waals surface area (Å²) in [6.45, 7) is 5.51. The number of sulfonamides is 1. The van der Waals surface area contributed by atoms with Gasteiger partial charge < -0.3 is 5.32 Å². The van der Waals surface area contributed by atoms with Crippen molar-refractivity contribution in [3.63, 3.8) is 0 Å². The molecule has 0 unspecified atom stereocenters. The van der Waals surface area contributed by atoms with E-state index in [1.165, 1.54) is 26.2 Å². The van der Waals surface area contributed by atoms with Gasteiger partial charge in [-0.25, -0.2) is 17.4 Å². The second-order valence-corrected chi connectivity index (χ2v) is 9.69. The number of amides is 1. The SMILES string of the molecule is Cc1ccc(S(=O)(=O)N(C)C)cc1NC(=O)c1ccc(-n2nc(C)c(Cl)c2C)cc1. The zero-order chi connectivity index (χ0) is 22.2. The van der Waals surface area contributed by atoms with Crippen LogP contribution < -0.4 is 5.32 Å². The first-order valence-corrected chi connectivity index (χ1v) is 11.0. The quantitative estimate of drug-likeness (QED) is 0.643. The zero-order valence-electron chi connectivity index (χ0n) is 17.4. The van der Waals surface area contributed by atoms with Crippen molar-refractivity contribution >= 4 is 33.2 Å². The summed E-state index contributed by atoms with van der Waals surface area (Å²) < 4.78 is 27.6. The van der Waals surface area contributed by atoms with Crippen LogP contribution >= 0.6 is 11.6 Å². The zero-order valence-corrected chi connectivity index (χ0v) is 19.0. The molecule has 0 aliphatic heterocycles. The molecule has 0 radical (unpaired) electrons. The summed E-state index contributed by atoms with van der Waals surface area (Å²) in [5.74, 6) is -0.338. The molecule has 30 heavy (non-hydrogen) atoms. The van der Waals surface area contributed by atoms with E-state index in [4.69, 9.17) is 11.6 Å². The molecule has 2 aromatic carbocycles. The minimum absolute atomic E-state index is 0.116. The molecule has 9 heteroatoms. The van der Waals surface area contributed by atoms with Gasteiger partial charge in [-0.3, -0.25) is 4.79 Å². The predicted octanol–water partition coefficient (Wildman–Crippen LogP) is 3.95. The number of carbonyl (C=O) groups excluding carboxylic acids is 1. The first kappa shape index (κ1) is 22.0. The third-order valence-electron chi connectivity index (χ3n) is 4.81. The van der Waals surface area contributed by atoms with Crippen molar-refractivity contribution in [1.29, 1.82) is 0 Å². The van der Waals surface area contributed by atoms with Gasteiger partial charge in [-0.1, -0.05) is 17.7 Å².